The van der Waals surface area contributed by atoms with Gasteiger partial charge in [0.15, 0.2) is 5.17 Å². The third-order valence-electron chi connectivity index (χ3n) is 4.19. The van der Waals surface area contributed by atoms with Gasteiger partial charge in [0.1, 0.15) is 12.4 Å². The number of carbonyl (C=O) groups excluding carboxylic acids is 1. The summed E-state index contributed by atoms with van der Waals surface area (Å²) in [5, 5.41) is 14.2. The number of hydrogen-bond acceptors (Lipinski definition) is 5. The fraction of sp³-hybridized carbons (Fsp3) is 0.0952. The molecule has 1 fully saturated rings. The molecule has 1 N–H and O–H groups in total. The molecule has 1 aliphatic heterocycles. The van der Waals surface area contributed by atoms with E-state index >= 15 is 0 Å². The van der Waals surface area contributed by atoms with Gasteiger partial charge in [-0.1, -0.05) is 71.9 Å². The number of amidine groups is 1. The van der Waals surface area contributed by atoms with Gasteiger partial charge in [-0.05, 0) is 22.9 Å². The Balaban J connectivity index is 1.65. The smallest absolute Gasteiger partial charge is 0.236 e. The number of amides is 1. The highest BCUT2D eigenvalue weighted by Gasteiger charge is 2.16. The second-order valence-electron chi connectivity index (χ2n) is 6.07. The Kier molecular flexibility index (Phi) is 5.60. The van der Waals surface area contributed by atoms with Crippen molar-refractivity contribution in [2.45, 2.75) is 6.61 Å². The molecule has 140 valence electrons. The number of halogens is 1. The highest BCUT2D eigenvalue weighted by molar-refractivity contribution is 8.15. The number of nitrogens with one attached hydrogen (secondary N) is 1. The number of benzene rings is 3. The minimum absolute atomic E-state index is 0.0622. The van der Waals surface area contributed by atoms with Crippen molar-refractivity contribution in [2.24, 2.45) is 10.2 Å². The molecule has 0 radical (unpaired) electrons. The molecule has 0 aliphatic carbocycles. The van der Waals surface area contributed by atoms with E-state index in [-0.39, 0.29) is 5.91 Å². The van der Waals surface area contributed by atoms with Gasteiger partial charge in [0.25, 0.3) is 0 Å². The molecule has 1 amide bonds. The number of ether oxygens (including phenoxy) is 1. The third kappa shape index (κ3) is 4.18. The zero-order valence-corrected chi connectivity index (χ0v) is 16.3. The SMILES string of the molecule is O=C1CS/C(=N\N=Cc2c(OCc3ccccc3Cl)ccc3ccccc23)N1. The van der Waals surface area contributed by atoms with Crippen LogP contribution in [0.4, 0.5) is 0 Å². The Bertz CT molecular complexity index is 1100. The van der Waals surface area contributed by atoms with Crippen LogP contribution >= 0.6 is 23.4 Å². The van der Waals surface area contributed by atoms with Gasteiger partial charge in [0.2, 0.25) is 5.91 Å². The van der Waals surface area contributed by atoms with Crippen LogP contribution in [0.1, 0.15) is 11.1 Å². The average molecular weight is 410 g/mol. The number of hydrogen-bond donors (Lipinski definition) is 1. The Labute approximate surface area is 171 Å². The van der Waals surface area contributed by atoms with Crippen molar-refractivity contribution in [1.82, 2.24) is 5.32 Å². The lowest BCUT2D eigenvalue weighted by atomic mass is 10.0. The van der Waals surface area contributed by atoms with Crippen LogP contribution in [-0.4, -0.2) is 23.0 Å². The first-order chi connectivity index (χ1) is 13.7. The van der Waals surface area contributed by atoms with E-state index in [9.17, 15) is 4.79 Å². The van der Waals surface area contributed by atoms with E-state index in [1.165, 1.54) is 11.8 Å². The quantitative estimate of drug-likeness (QED) is 0.493. The Morgan fingerprint density at radius 3 is 2.75 bits per heavy atom. The van der Waals surface area contributed by atoms with Crippen molar-refractivity contribution >= 4 is 51.4 Å². The maximum atomic E-state index is 11.3. The van der Waals surface area contributed by atoms with Crippen molar-refractivity contribution in [1.29, 1.82) is 0 Å². The van der Waals surface area contributed by atoms with Gasteiger partial charge < -0.3 is 10.1 Å². The van der Waals surface area contributed by atoms with Gasteiger partial charge in [-0.3, -0.25) is 4.79 Å². The molecule has 0 aromatic heterocycles. The fourth-order valence-electron chi connectivity index (χ4n) is 2.82. The summed E-state index contributed by atoms with van der Waals surface area (Å²) in [6, 6.07) is 19.5. The van der Waals surface area contributed by atoms with Crippen LogP contribution in [0, 0.1) is 0 Å². The first-order valence-corrected chi connectivity index (χ1v) is 9.99. The Morgan fingerprint density at radius 1 is 1.11 bits per heavy atom. The van der Waals surface area contributed by atoms with E-state index in [4.69, 9.17) is 16.3 Å². The minimum atomic E-state index is -0.0622. The molecule has 3 aromatic rings. The largest absolute Gasteiger partial charge is 0.488 e. The number of rotatable bonds is 5. The van der Waals surface area contributed by atoms with Crippen LogP contribution < -0.4 is 10.1 Å². The second-order valence-corrected chi connectivity index (χ2v) is 7.44. The van der Waals surface area contributed by atoms with E-state index in [1.807, 2.05) is 60.7 Å². The number of carbonyl (C=O) groups is 1. The van der Waals surface area contributed by atoms with Crippen LogP contribution in [0.2, 0.25) is 5.02 Å². The first kappa shape index (κ1) is 18.5. The maximum absolute atomic E-state index is 11.3. The molecule has 0 bridgehead atoms. The highest BCUT2D eigenvalue weighted by atomic mass is 35.5. The lowest BCUT2D eigenvalue weighted by molar-refractivity contribution is -0.116. The number of thioether (sulfide) groups is 1. The van der Waals surface area contributed by atoms with Gasteiger partial charge >= 0.3 is 0 Å². The summed E-state index contributed by atoms with van der Waals surface area (Å²) in [6.45, 7) is 0.347. The van der Waals surface area contributed by atoms with Crippen molar-refractivity contribution < 1.29 is 9.53 Å². The summed E-state index contributed by atoms with van der Waals surface area (Å²) in [6.07, 6.45) is 1.66. The number of nitrogens with zero attached hydrogens (tertiary/aromatic N) is 2. The molecule has 28 heavy (non-hydrogen) atoms. The predicted molar refractivity (Wildman–Crippen MR) is 115 cm³/mol. The van der Waals surface area contributed by atoms with Crippen molar-refractivity contribution in [3.8, 4) is 5.75 Å². The Hall–Kier alpha value is -2.83. The molecule has 7 heteroatoms. The zero-order chi connectivity index (χ0) is 19.3. The van der Waals surface area contributed by atoms with E-state index in [0.717, 1.165) is 21.9 Å². The second kappa shape index (κ2) is 8.46. The van der Waals surface area contributed by atoms with Crippen LogP contribution in [-0.2, 0) is 11.4 Å². The highest BCUT2D eigenvalue weighted by Crippen LogP contribution is 2.28. The molecule has 1 aliphatic rings. The molecule has 5 nitrogen and oxygen atoms in total. The molecular weight excluding hydrogens is 394 g/mol. The summed E-state index contributed by atoms with van der Waals surface area (Å²) in [5.41, 5.74) is 1.73. The lowest BCUT2D eigenvalue weighted by Crippen LogP contribution is -2.19. The lowest BCUT2D eigenvalue weighted by Gasteiger charge is -2.12. The molecule has 3 aromatic carbocycles. The summed E-state index contributed by atoms with van der Waals surface area (Å²) in [4.78, 5) is 11.3. The first-order valence-electron chi connectivity index (χ1n) is 8.62. The molecule has 0 spiro atoms. The van der Waals surface area contributed by atoms with Crippen molar-refractivity contribution in [2.75, 3.05) is 5.75 Å². The summed E-state index contributed by atoms with van der Waals surface area (Å²) < 4.78 is 6.05. The van der Waals surface area contributed by atoms with Gasteiger partial charge in [0.05, 0.1) is 12.0 Å². The van der Waals surface area contributed by atoms with Crippen molar-refractivity contribution in [3.05, 3.63) is 76.8 Å². The molecule has 0 atom stereocenters. The molecule has 1 saturated heterocycles. The van der Waals surface area contributed by atoms with Gasteiger partial charge in [-0.15, -0.1) is 5.10 Å². The summed E-state index contributed by atoms with van der Waals surface area (Å²) >= 11 is 7.56. The topological polar surface area (TPSA) is 63.0 Å². The molecule has 0 saturated carbocycles. The van der Waals surface area contributed by atoms with Crippen molar-refractivity contribution in [3.63, 3.8) is 0 Å². The van der Waals surface area contributed by atoms with Crippen LogP contribution in [0.25, 0.3) is 10.8 Å². The van der Waals surface area contributed by atoms with E-state index in [1.54, 1.807) is 6.21 Å². The monoisotopic (exact) mass is 409 g/mol. The molecular formula is C21H16ClN3O2S. The Morgan fingerprint density at radius 2 is 1.93 bits per heavy atom. The van der Waals surface area contributed by atoms with Gasteiger partial charge in [0, 0.05) is 16.1 Å². The fourth-order valence-corrected chi connectivity index (χ4v) is 3.64. The average Bonchev–Trinajstić information content (AvgIpc) is 3.13. The van der Waals surface area contributed by atoms with Gasteiger partial charge in [-0.2, -0.15) is 5.10 Å². The molecule has 1 heterocycles. The number of fused-ring (bicyclic) bond motifs is 1. The van der Waals surface area contributed by atoms with Gasteiger partial charge in [-0.25, -0.2) is 0 Å². The predicted octanol–water partition coefficient (Wildman–Crippen LogP) is 4.63. The third-order valence-corrected chi connectivity index (χ3v) is 5.43. The summed E-state index contributed by atoms with van der Waals surface area (Å²) in [7, 11) is 0. The van der Waals surface area contributed by atoms with Crippen LogP contribution in [0.5, 0.6) is 5.75 Å². The van der Waals surface area contributed by atoms with E-state index in [0.29, 0.717) is 28.3 Å². The van der Waals surface area contributed by atoms with E-state index in [2.05, 4.69) is 15.5 Å². The molecule has 0 unspecified atom stereocenters. The van der Waals surface area contributed by atoms with E-state index < -0.39 is 0 Å². The van der Waals surface area contributed by atoms with Crippen LogP contribution in [0.15, 0.2) is 70.9 Å². The normalized spacial score (nSPS) is 15.5. The van der Waals surface area contributed by atoms with Crippen LogP contribution in [0.3, 0.4) is 0 Å². The minimum Gasteiger partial charge on any atom is -0.488 e. The maximum Gasteiger partial charge on any atom is 0.236 e. The standard InChI is InChI=1S/C21H16ClN3O2S/c22-18-8-4-2-6-15(18)12-27-19-10-9-14-5-1-3-7-16(14)17(19)11-23-25-21-24-20(26)13-28-21/h1-11H,12-13H2,(H,24,25,26). The zero-order valence-electron chi connectivity index (χ0n) is 14.8. The summed E-state index contributed by atoms with van der Waals surface area (Å²) in [5.74, 6) is 0.994. The molecule has 4 rings (SSSR count).